The molecule has 0 radical (unpaired) electrons. The number of amides is 1. The highest BCUT2D eigenvalue weighted by atomic mass is 35.5. The number of carbonyl (C=O) groups excluding carboxylic acids is 1. The van der Waals surface area contributed by atoms with E-state index in [-0.39, 0.29) is 17.0 Å². The van der Waals surface area contributed by atoms with Gasteiger partial charge in [-0.2, -0.15) is 5.26 Å². The molecule has 6 nitrogen and oxygen atoms in total. The fourth-order valence-electron chi connectivity index (χ4n) is 3.85. The number of aryl methyl sites for hydroxylation is 1. The van der Waals surface area contributed by atoms with Gasteiger partial charge in [0.05, 0.1) is 21.2 Å². The lowest BCUT2D eigenvalue weighted by Gasteiger charge is -2.37. The van der Waals surface area contributed by atoms with E-state index in [0.717, 1.165) is 10.9 Å². The van der Waals surface area contributed by atoms with Crippen molar-refractivity contribution in [2.24, 2.45) is 7.05 Å². The third-order valence-electron chi connectivity index (χ3n) is 5.44. The van der Waals surface area contributed by atoms with Crippen LogP contribution >= 0.6 is 23.2 Å². The number of piperazine rings is 1. The van der Waals surface area contributed by atoms with Crippen LogP contribution in [-0.2, 0) is 7.05 Å². The Morgan fingerprint density at radius 1 is 1.03 bits per heavy atom. The molecule has 1 aliphatic rings. The predicted octanol–water partition coefficient (Wildman–Crippen LogP) is 3.68. The molecule has 1 aliphatic heterocycles. The van der Waals surface area contributed by atoms with Gasteiger partial charge in [-0.05, 0) is 24.3 Å². The van der Waals surface area contributed by atoms with Crippen LogP contribution in [0.15, 0.2) is 47.3 Å². The Balaban J connectivity index is 1.63. The maximum Gasteiger partial charge on any atom is 0.270 e. The van der Waals surface area contributed by atoms with Gasteiger partial charge in [0.25, 0.3) is 11.5 Å². The number of carbonyl (C=O) groups is 1. The summed E-state index contributed by atoms with van der Waals surface area (Å²) in [5.41, 5.74) is 1.69. The van der Waals surface area contributed by atoms with Crippen LogP contribution in [0.4, 0.5) is 5.69 Å². The number of para-hydroxylation sites is 1. The van der Waals surface area contributed by atoms with Crippen LogP contribution < -0.4 is 10.5 Å². The molecule has 0 N–H and O–H groups in total. The number of fused-ring (bicyclic) bond motifs is 1. The van der Waals surface area contributed by atoms with E-state index in [0.29, 0.717) is 47.5 Å². The topological polar surface area (TPSA) is 69.3 Å². The van der Waals surface area contributed by atoms with E-state index >= 15 is 0 Å². The Hall–Kier alpha value is -3.01. The summed E-state index contributed by atoms with van der Waals surface area (Å²) < 4.78 is 1.50. The zero-order chi connectivity index (χ0) is 21.4. The van der Waals surface area contributed by atoms with Crippen molar-refractivity contribution in [3.8, 4) is 6.07 Å². The summed E-state index contributed by atoms with van der Waals surface area (Å²) in [6.45, 7) is 1.96. The monoisotopic (exact) mass is 440 g/mol. The maximum absolute atomic E-state index is 12.8. The molecule has 0 unspecified atom stereocenters. The number of rotatable bonds is 2. The van der Waals surface area contributed by atoms with Crippen molar-refractivity contribution in [2.45, 2.75) is 0 Å². The summed E-state index contributed by atoms with van der Waals surface area (Å²) in [7, 11) is 1.67. The first-order valence-corrected chi connectivity index (χ1v) is 10.2. The molecule has 1 amide bonds. The fourth-order valence-corrected chi connectivity index (χ4v) is 4.15. The lowest BCUT2D eigenvalue weighted by molar-refractivity contribution is 0.0747. The van der Waals surface area contributed by atoms with Gasteiger partial charge in [0.15, 0.2) is 0 Å². The van der Waals surface area contributed by atoms with Crippen LogP contribution in [0.5, 0.6) is 0 Å². The van der Waals surface area contributed by atoms with Crippen LogP contribution in [0.1, 0.15) is 15.9 Å². The second kappa shape index (κ2) is 8.02. The molecule has 1 fully saturated rings. The van der Waals surface area contributed by atoms with Gasteiger partial charge >= 0.3 is 0 Å². The second-order valence-corrected chi connectivity index (χ2v) is 7.94. The van der Waals surface area contributed by atoms with Crippen LogP contribution in [0.2, 0.25) is 10.0 Å². The number of halogens is 2. The minimum Gasteiger partial charge on any atom is -0.366 e. The highest BCUT2D eigenvalue weighted by Gasteiger charge is 2.26. The average molecular weight is 441 g/mol. The highest BCUT2D eigenvalue weighted by molar-refractivity contribution is 6.42. The molecule has 2 heterocycles. The first-order valence-electron chi connectivity index (χ1n) is 9.43. The Bertz CT molecular complexity index is 1250. The van der Waals surface area contributed by atoms with Crippen LogP contribution in [0, 0.1) is 11.3 Å². The number of nitrogens with zero attached hydrogens (tertiary/aromatic N) is 4. The zero-order valence-corrected chi connectivity index (χ0v) is 17.7. The SMILES string of the molecule is Cn1c(=O)c(C#N)c(N2CCN(C(=O)c3ccc(Cl)c(Cl)c3)CC2)c2ccccc21. The van der Waals surface area contributed by atoms with Gasteiger partial charge in [-0.1, -0.05) is 41.4 Å². The largest absolute Gasteiger partial charge is 0.366 e. The number of anilines is 1. The quantitative estimate of drug-likeness (QED) is 0.609. The summed E-state index contributed by atoms with van der Waals surface area (Å²) in [5.74, 6) is -0.123. The Morgan fingerprint density at radius 2 is 1.73 bits per heavy atom. The van der Waals surface area contributed by atoms with Gasteiger partial charge in [-0.15, -0.1) is 0 Å². The van der Waals surface area contributed by atoms with E-state index < -0.39 is 0 Å². The number of hydrogen-bond donors (Lipinski definition) is 0. The van der Waals surface area contributed by atoms with E-state index in [1.807, 2.05) is 29.2 Å². The third kappa shape index (κ3) is 3.41. The molecule has 2 aromatic carbocycles. The summed E-state index contributed by atoms with van der Waals surface area (Å²) in [6.07, 6.45) is 0. The molecule has 30 heavy (non-hydrogen) atoms. The van der Waals surface area contributed by atoms with Gasteiger partial charge in [0.1, 0.15) is 11.6 Å². The van der Waals surface area contributed by atoms with Crippen LogP contribution in [-0.4, -0.2) is 41.6 Å². The molecule has 8 heteroatoms. The Labute approximate surface area is 183 Å². The van der Waals surface area contributed by atoms with Crippen molar-refractivity contribution in [1.82, 2.24) is 9.47 Å². The first kappa shape index (κ1) is 20.3. The molecule has 1 aromatic heterocycles. The van der Waals surface area contributed by atoms with Crippen molar-refractivity contribution >= 4 is 45.7 Å². The molecular weight excluding hydrogens is 423 g/mol. The van der Waals surface area contributed by atoms with E-state index in [1.54, 1.807) is 30.1 Å². The Kier molecular flexibility index (Phi) is 5.42. The standard InChI is InChI=1S/C22H18Cl2N4O2/c1-26-19-5-3-2-4-15(19)20(16(13-25)22(26)30)27-8-10-28(11-9-27)21(29)14-6-7-17(23)18(24)12-14/h2-7,12H,8-11H2,1H3. The molecule has 0 bridgehead atoms. The molecule has 0 spiro atoms. The van der Waals surface area contributed by atoms with Gasteiger partial charge in [-0.3, -0.25) is 9.59 Å². The van der Waals surface area contributed by atoms with E-state index in [2.05, 4.69) is 6.07 Å². The highest BCUT2D eigenvalue weighted by Crippen LogP contribution is 2.29. The van der Waals surface area contributed by atoms with Crippen molar-refractivity contribution in [1.29, 1.82) is 5.26 Å². The molecule has 3 aromatic rings. The van der Waals surface area contributed by atoms with E-state index in [1.165, 1.54) is 4.57 Å². The predicted molar refractivity (Wildman–Crippen MR) is 118 cm³/mol. The number of aromatic nitrogens is 1. The minimum absolute atomic E-state index is 0.123. The first-order chi connectivity index (χ1) is 14.4. The molecule has 4 rings (SSSR count). The van der Waals surface area contributed by atoms with Crippen LogP contribution in [0.25, 0.3) is 10.9 Å². The second-order valence-electron chi connectivity index (χ2n) is 7.12. The van der Waals surface area contributed by atoms with E-state index in [9.17, 15) is 14.9 Å². The minimum atomic E-state index is -0.319. The number of hydrogen-bond acceptors (Lipinski definition) is 4. The average Bonchev–Trinajstić information content (AvgIpc) is 2.77. The van der Waals surface area contributed by atoms with Crippen molar-refractivity contribution in [3.63, 3.8) is 0 Å². The van der Waals surface area contributed by atoms with Gasteiger partial charge in [0.2, 0.25) is 0 Å². The Morgan fingerprint density at radius 3 is 2.40 bits per heavy atom. The molecule has 0 aliphatic carbocycles. The van der Waals surface area contributed by atoms with Crippen molar-refractivity contribution in [2.75, 3.05) is 31.1 Å². The number of benzene rings is 2. The molecule has 0 atom stereocenters. The molecule has 152 valence electrons. The maximum atomic E-state index is 12.8. The summed E-state index contributed by atoms with van der Waals surface area (Å²) in [6, 6.07) is 14.5. The van der Waals surface area contributed by atoms with Gasteiger partial charge in [-0.25, -0.2) is 0 Å². The summed E-state index contributed by atoms with van der Waals surface area (Å²) >= 11 is 12.0. The van der Waals surface area contributed by atoms with Gasteiger partial charge < -0.3 is 14.4 Å². The lowest BCUT2D eigenvalue weighted by atomic mass is 10.1. The molecular formula is C22H18Cl2N4O2. The lowest BCUT2D eigenvalue weighted by Crippen LogP contribution is -2.49. The molecule has 1 saturated heterocycles. The van der Waals surface area contributed by atoms with Crippen LogP contribution in [0.3, 0.4) is 0 Å². The normalized spacial score (nSPS) is 14.1. The van der Waals surface area contributed by atoms with Crippen molar-refractivity contribution < 1.29 is 4.79 Å². The smallest absolute Gasteiger partial charge is 0.270 e. The van der Waals surface area contributed by atoms with E-state index in [4.69, 9.17) is 23.2 Å². The van der Waals surface area contributed by atoms with Crippen molar-refractivity contribution in [3.05, 3.63) is 74.0 Å². The third-order valence-corrected chi connectivity index (χ3v) is 6.18. The van der Waals surface area contributed by atoms with Gasteiger partial charge in [0, 0.05) is 44.2 Å². The fraction of sp³-hybridized carbons (Fsp3) is 0.227. The number of pyridine rings is 1. The number of nitriles is 1. The molecule has 0 saturated carbocycles. The summed E-state index contributed by atoms with van der Waals surface area (Å²) in [4.78, 5) is 29.3. The summed E-state index contributed by atoms with van der Waals surface area (Å²) in [5, 5.41) is 11.3. The zero-order valence-electron chi connectivity index (χ0n) is 16.2.